The Kier molecular flexibility index (Phi) is 9.05. The van der Waals surface area contributed by atoms with Crippen LogP contribution in [0, 0.1) is 6.92 Å². The quantitative estimate of drug-likeness (QED) is 0.365. The molecule has 0 aromatic heterocycles. The molecule has 1 aromatic rings. The molecule has 0 spiro atoms. The number of aryl methyl sites for hydroxylation is 1. The van der Waals surface area contributed by atoms with Gasteiger partial charge in [-0.3, -0.25) is 4.99 Å². The molecule has 0 amide bonds. The third-order valence-electron chi connectivity index (χ3n) is 4.61. The molecule has 7 nitrogen and oxygen atoms in total. The number of ether oxygens (including phenoxy) is 1. The molecule has 0 aliphatic carbocycles. The van der Waals surface area contributed by atoms with Crippen LogP contribution in [0.5, 0.6) is 0 Å². The highest BCUT2D eigenvalue weighted by atomic mass is 32.2. The van der Waals surface area contributed by atoms with Crippen molar-refractivity contribution in [3.63, 3.8) is 0 Å². The van der Waals surface area contributed by atoms with Crippen LogP contribution in [-0.4, -0.2) is 71.8 Å². The summed E-state index contributed by atoms with van der Waals surface area (Å²) in [7, 11) is -2.98. The van der Waals surface area contributed by atoms with E-state index in [1.807, 2.05) is 6.92 Å². The number of hydrogen-bond acceptors (Lipinski definition) is 5. The lowest BCUT2D eigenvalue weighted by molar-refractivity contribution is 0.157. The summed E-state index contributed by atoms with van der Waals surface area (Å²) in [5.74, 6) is 0.830. The van der Waals surface area contributed by atoms with Crippen molar-refractivity contribution >= 4 is 21.5 Å². The highest BCUT2D eigenvalue weighted by Crippen LogP contribution is 2.20. The van der Waals surface area contributed by atoms with Crippen LogP contribution in [0.1, 0.15) is 25.3 Å². The largest absolute Gasteiger partial charge is 0.378 e. The Balaban J connectivity index is 1.82. The molecule has 1 saturated heterocycles. The van der Waals surface area contributed by atoms with Crippen molar-refractivity contribution in [2.24, 2.45) is 4.99 Å². The second-order valence-electron chi connectivity index (χ2n) is 7.27. The Morgan fingerprint density at radius 1 is 1.29 bits per heavy atom. The van der Waals surface area contributed by atoms with E-state index in [4.69, 9.17) is 4.74 Å². The Hall–Kier alpha value is -1.80. The average molecular weight is 411 g/mol. The summed E-state index contributed by atoms with van der Waals surface area (Å²) in [5.41, 5.74) is 2.54. The molecule has 0 bridgehead atoms. The van der Waals surface area contributed by atoms with E-state index in [1.54, 1.807) is 0 Å². The zero-order valence-electron chi connectivity index (χ0n) is 17.3. The fraction of sp³-hybridized carbons (Fsp3) is 0.650. The van der Waals surface area contributed by atoms with Crippen molar-refractivity contribution in [3.05, 3.63) is 29.8 Å². The zero-order chi connectivity index (χ0) is 20.4. The van der Waals surface area contributed by atoms with Crippen LogP contribution in [0.3, 0.4) is 0 Å². The summed E-state index contributed by atoms with van der Waals surface area (Å²) in [4.78, 5) is 6.97. The number of piperidine rings is 1. The lowest BCUT2D eigenvalue weighted by Crippen LogP contribution is -2.51. The third-order valence-corrected chi connectivity index (χ3v) is 5.52. The van der Waals surface area contributed by atoms with Gasteiger partial charge in [-0.05, 0) is 38.8 Å². The maximum absolute atomic E-state index is 11.1. The number of nitrogens with zero attached hydrogens (tertiary/aromatic N) is 2. The number of guanidine groups is 1. The van der Waals surface area contributed by atoms with Gasteiger partial charge < -0.3 is 20.3 Å². The molecule has 1 aliphatic heterocycles. The first-order valence-corrected chi connectivity index (χ1v) is 12.1. The van der Waals surface area contributed by atoms with Crippen LogP contribution in [0.15, 0.2) is 29.3 Å². The number of hydrogen-bond donors (Lipinski definition) is 2. The number of aliphatic imine (C=N–C) groups is 1. The first-order chi connectivity index (χ1) is 13.4. The van der Waals surface area contributed by atoms with E-state index in [0.29, 0.717) is 19.2 Å². The summed E-state index contributed by atoms with van der Waals surface area (Å²) in [6.45, 7) is 8.07. The molecule has 2 N–H and O–H groups in total. The van der Waals surface area contributed by atoms with E-state index < -0.39 is 9.84 Å². The van der Waals surface area contributed by atoms with Gasteiger partial charge in [-0.2, -0.15) is 0 Å². The Bertz CT molecular complexity index is 719. The van der Waals surface area contributed by atoms with Crippen LogP contribution < -0.4 is 15.5 Å². The van der Waals surface area contributed by atoms with Crippen LogP contribution in [-0.2, 0) is 14.6 Å². The number of rotatable bonds is 9. The van der Waals surface area contributed by atoms with Crippen molar-refractivity contribution in [3.8, 4) is 0 Å². The van der Waals surface area contributed by atoms with Crippen molar-refractivity contribution in [1.29, 1.82) is 0 Å². The van der Waals surface area contributed by atoms with Crippen molar-refractivity contribution in [2.45, 2.75) is 32.7 Å². The lowest BCUT2D eigenvalue weighted by atomic mass is 10.0. The molecule has 8 heteroatoms. The summed E-state index contributed by atoms with van der Waals surface area (Å²) in [6, 6.07) is 9.01. The first-order valence-electron chi connectivity index (χ1n) is 9.99. The Morgan fingerprint density at radius 3 is 2.71 bits per heavy atom. The summed E-state index contributed by atoms with van der Waals surface area (Å²) < 4.78 is 27.5. The summed E-state index contributed by atoms with van der Waals surface area (Å²) in [6.07, 6.45) is 3.46. The first kappa shape index (κ1) is 22.5. The lowest BCUT2D eigenvalue weighted by Gasteiger charge is -2.35. The minimum atomic E-state index is -2.98. The van der Waals surface area contributed by atoms with Crippen LogP contribution in [0.25, 0.3) is 0 Å². The topological polar surface area (TPSA) is 83.0 Å². The highest BCUT2D eigenvalue weighted by molar-refractivity contribution is 7.90. The molecule has 0 radical (unpaired) electrons. The molecule has 1 heterocycles. The number of nitrogens with one attached hydrogen (secondary N) is 2. The second kappa shape index (κ2) is 11.3. The van der Waals surface area contributed by atoms with Gasteiger partial charge in [0.25, 0.3) is 0 Å². The van der Waals surface area contributed by atoms with E-state index >= 15 is 0 Å². The van der Waals surface area contributed by atoms with E-state index in [2.05, 4.69) is 51.7 Å². The van der Waals surface area contributed by atoms with E-state index in [9.17, 15) is 8.42 Å². The van der Waals surface area contributed by atoms with E-state index in [-0.39, 0.29) is 12.4 Å². The number of sulfone groups is 1. The maximum atomic E-state index is 11.1. The molecule has 158 valence electrons. The predicted molar refractivity (Wildman–Crippen MR) is 116 cm³/mol. The van der Waals surface area contributed by atoms with E-state index in [1.165, 1.54) is 17.5 Å². The molecular weight excluding hydrogens is 376 g/mol. The molecule has 1 unspecified atom stereocenters. The van der Waals surface area contributed by atoms with Crippen molar-refractivity contribution in [2.75, 3.05) is 56.3 Å². The van der Waals surface area contributed by atoms with Gasteiger partial charge in [0, 0.05) is 37.6 Å². The normalized spacial score (nSPS) is 18.2. The number of benzene rings is 1. The second-order valence-corrected chi connectivity index (χ2v) is 9.53. The van der Waals surface area contributed by atoms with Gasteiger partial charge in [-0.25, -0.2) is 8.42 Å². The molecule has 1 fully saturated rings. The molecule has 1 atom stereocenters. The van der Waals surface area contributed by atoms with Gasteiger partial charge >= 0.3 is 0 Å². The zero-order valence-corrected chi connectivity index (χ0v) is 18.1. The minimum Gasteiger partial charge on any atom is -0.378 e. The van der Waals surface area contributed by atoms with Gasteiger partial charge in [0.15, 0.2) is 5.96 Å². The minimum absolute atomic E-state index is 0.0476. The molecule has 2 rings (SSSR count). The maximum Gasteiger partial charge on any atom is 0.191 e. The van der Waals surface area contributed by atoms with Crippen molar-refractivity contribution < 1.29 is 13.2 Å². The molecule has 0 saturated carbocycles. The van der Waals surface area contributed by atoms with Crippen LogP contribution >= 0.6 is 0 Å². The van der Waals surface area contributed by atoms with E-state index in [0.717, 1.165) is 38.4 Å². The molecule has 28 heavy (non-hydrogen) atoms. The highest BCUT2D eigenvalue weighted by Gasteiger charge is 2.20. The SMILES string of the molecule is CCNC(=NCCOCCS(C)(=O)=O)NC1CCCN(c2ccc(C)cc2)C1. The van der Waals surface area contributed by atoms with Gasteiger partial charge in [-0.1, -0.05) is 17.7 Å². The van der Waals surface area contributed by atoms with Crippen LogP contribution in [0.4, 0.5) is 5.69 Å². The predicted octanol–water partition coefficient (Wildman–Crippen LogP) is 1.58. The van der Waals surface area contributed by atoms with Gasteiger partial charge in [0.1, 0.15) is 9.84 Å². The Morgan fingerprint density at radius 2 is 2.04 bits per heavy atom. The smallest absolute Gasteiger partial charge is 0.191 e. The van der Waals surface area contributed by atoms with Gasteiger partial charge in [0.2, 0.25) is 0 Å². The van der Waals surface area contributed by atoms with Crippen molar-refractivity contribution in [1.82, 2.24) is 10.6 Å². The molecule has 1 aliphatic rings. The third kappa shape index (κ3) is 8.48. The fourth-order valence-corrected chi connectivity index (χ4v) is 3.55. The average Bonchev–Trinajstić information content (AvgIpc) is 2.64. The Labute approximate surface area is 169 Å². The van der Waals surface area contributed by atoms with Gasteiger partial charge in [0.05, 0.1) is 25.5 Å². The standard InChI is InChI=1S/C20H34N4O3S/c1-4-21-20(22-11-13-27-14-15-28(3,25)26)23-18-6-5-12-24(16-18)19-9-7-17(2)8-10-19/h7-10,18H,4-6,11-16H2,1-3H3,(H2,21,22,23). The molecule has 1 aromatic carbocycles. The number of anilines is 1. The van der Waals surface area contributed by atoms with Gasteiger partial charge in [-0.15, -0.1) is 0 Å². The van der Waals surface area contributed by atoms with Crippen LogP contribution in [0.2, 0.25) is 0 Å². The molecular formula is C20H34N4O3S. The summed E-state index contributed by atoms with van der Waals surface area (Å²) in [5, 5.41) is 6.81. The summed E-state index contributed by atoms with van der Waals surface area (Å²) >= 11 is 0. The monoisotopic (exact) mass is 410 g/mol. The fourth-order valence-electron chi connectivity index (χ4n) is 3.13.